The van der Waals surface area contributed by atoms with E-state index in [9.17, 15) is 49.1 Å². The molecule has 0 fully saturated rings. The van der Waals surface area contributed by atoms with E-state index in [4.69, 9.17) is 4.74 Å². The second kappa shape index (κ2) is 11.0. The topological polar surface area (TPSA) is 58.6 Å². The Balaban J connectivity index is 1.99. The van der Waals surface area contributed by atoms with Gasteiger partial charge in [-0.05, 0) is 67.3 Å². The van der Waals surface area contributed by atoms with Crippen LogP contribution in [-0.2, 0) is 34.5 Å². The Bertz CT molecular complexity index is 1190. The van der Waals surface area contributed by atoms with Crippen LogP contribution in [0.1, 0.15) is 60.5 Å². The highest BCUT2D eigenvalue weighted by Gasteiger charge is 2.40. The first kappa shape index (κ1) is 30.1. The maximum Gasteiger partial charge on any atom is 0.416 e. The fourth-order valence-corrected chi connectivity index (χ4v) is 4.41. The number of benzene rings is 2. The molecule has 39 heavy (non-hydrogen) atoms. The third-order valence-electron chi connectivity index (χ3n) is 6.15. The lowest BCUT2D eigenvalue weighted by Gasteiger charge is -2.40. The smallest absolute Gasteiger partial charge is 0.416 e. The van der Waals surface area contributed by atoms with Crippen molar-refractivity contribution in [1.29, 1.82) is 0 Å². The first-order chi connectivity index (χ1) is 18.0. The molecule has 0 bridgehead atoms. The van der Waals surface area contributed by atoms with Crippen molar-refractivity contribution in [3.63, 3.8) is 0 Å². The van der Waals surface area contributed by atoms with Crippen LogP contribution in [-0.4, -0.2) is 24.6 Å². The molecule has 0 saturated heterocycles. The summed E-state index contributed by atoms with van der Waals surface area (Å²) in [5.74, 6) is -1.02. The minimum Gasteiger partial charge on any atom is -0.449 e. The number of fused-ring (bicyclic) bond motifs is 1. The second-order valence-corrected chi connectivity index (χ2v) is 8.85. The predicted molar refractivity (Wildman–Crippen MR) is 121 cm³/mol. The number of carbonyl (C=O) groups is 2. The van der Waals surface area contributed by atoms with Crippen LogP contribution in [0.25, 0.3) is 0 Å². The molecule has 1 N–H and O–H groups in total. The average molecular weight is 570 g/mol. The van der Waals surface area contributed by atoms with Gasteiger partial charge in [0.25, 0.3) is 0 Å². The molecule has 14 heteroatoms. The maximum atomic E-state index is 13.4. The molecule has 1 aliphatic heterocycles. The summed E-state index contributed by atoms with van der Waals surface area (Å²) in [6.45, 7) is 3.21. The summed E-state index contributed by atoms with van der Waals surface area (Å²) >= 11 is 0. The number of hydrogen-bond acceptors (Lipinski definition) is 3. The summed E-state index contributed by atoms with van der Waals surface area (Å²) in [5.41, 5.74) is -4.94. The van der Waals surface area contributed by atoms with Crippen molar-refractivity contribution in [1.82, 2.24) is 5.32 Å². The van der Waals surface area contributed by atoms with Crippen molar-refractivity contribution in [2.75, 3.05) is 11.5 Å². The van der Waals surface area contributed by atoms with E-state index in [1.807, 2.05) is 0 Å². The van der Waals surface area contributed by atoms with E-state index in [-0.39, 0.29) is 30.3 Å². The predicted octanol–water partition coefficient (Wildman–Crippen LogP) is 7.29. The first-order valence-corrected chi connectivity index (χ1v) is 11.7. The van der Waals surface area contributed by atoms with Crippen LogP contribution < -0.4 is 10.2 Å². The van der Waals surface area contributed by atoms with E-state index in [0.717, 1.165) is 18.2 Å². The Morgan fingerprint density at radius 1 is 0.872 bits per heavy atom. The number of carbonyl (C=O) groups excluding carboxylic acids is 2. The monoisotopic (exact) mass is 570 g/mol. The number of alkyl halides is 9. The van der Waals surface area contributed by atoms with Crippen molar-refractivity contribution in [3.05, 3.63) is 64.2 Å². The Hall–Kier alpha value is -3.45. The number of anilines is 1. The number of halogens is 9. The van der Waals surface area contributed by atoms with E-state index >= 15 is 0 Å². The first-order valence-electron chi connectivity index (χ1n) is 11.7. The number of rotatable bonds is 5. The summed E-state index contributed by atoms with van der Waals surface area (Å²) < 4.78 is 124. The molecule has 1 aliphatic rings. The van der Waals surface area contributed by atoms with E-state index in [1.54, 1.807) is 6.92 Å². The summed E-state index contributed by atoms with van der Waals surface area (Å²) in [6, 6.07) is 1.52. The molecule has 2 atom stereocenters. The highest BCUT2D eigenvalue weighted by atomic mass is 19.4. The third-order valence-corrected chi connectivity index (χ3v) is 6.15. The second-order valence-electron chi connectivity index (χ2n) is 8.85. The van der Waals surface area contributed by atoms with Gasteiger partial charge in [0.05, 0.1) is 41.4 Å². The van der Waals surface area contributed by atoms with E-state index in [1.165, 1.54) is 11.8 Å². The third kappa shape index (κ3) is 6.95. The molecule has 2 unspecified atom stereocenters. The zero-order valence-corrected chi connectivity index (χ0v) is 20.5. The van der Waals surface area contributed by atoms with Gasteiger partial charge in [-0.15, -0.1) is 0 Å². The Labute approximate surface area is 216 Å². The highest BCUT2D eigenvalue weighted by molar-refractivity contribution is 5.91. The molecule has 214 valence electrons. The van der Waals surface area contributed by atoms with Gasteiger partial charge in [-0.2, -0.15) is 39.5 Å². The molecule has 0 aromatic heterocycles. The molecular weight excluding hydrogens is 547 g/mol. The average Bonchev–Trinajstić information content (AvgIpc) is 2.81. The van der Waals surface area contributed by atoms with Gasteiger partial charge in [-0.3, -0.25) is 9.69 Å². The number of ether oxygens (including phenoxy) is 1. The fourth-order valence-electron chi connectivity index (χ4n) is 4.41. The van der Waals surface area contributed by atoms with Gasteiger partial charge in [0, 0.05) is 6.04 Å². The molecular formula is C25H23F9N2O3. The van der Waals surface area contributed by atoms with Crippen LogP contribution >= 0.6 is 0 Å². The minimum absolute atomic E-state index is 0.0151. The lowest BCUT2D eigenvalue weighted by Crippen LogP contribution is -2.48. The zero-order valence-electron chi connectivity index (χ0n) is 20.5. The van der Waals surface area contributed by atoms with E-state index in [2.05, 4.69) is 5.32 Å². The molecule has 0 aliphatic carbocycles. The van der Waals surface area contributed by atoms with Gasteiger partial charge in [0.15, 0.2) is 0 Å². The standard InChI is InChI=1S/C25H23F9N2O3/c1-3-17-12-19(18-11-14(23(26,27)28)5-6-20(18)36(17)22(38)39-4-2)35-21(37)9-13-7-15(24(29,30)31)10-16(8-13)25(32,33)34/h5-8,10-11,17,19H,3-4,9,12H2,1-2H3,(H,35,37). The van der Waals surface area contributed by atoms with Crippen molar-refractivity contribution in [2.45, 2.75) is 63.7 Å². The minimum atomic E-state index is -5.12. The van der Waals surface area contributed by atoms with Gasteiger partial charge < -0.3 is 10.1 Å². The van der Waals surface area contributed by atoms with Gasteiger partial charge in [-0.25, -0.2) is 4.79 Å². The van der Waals surface area contributed by atoms with Crippen molar-refractivity contribution in [2.24, 2.45) is 0 Å². The lowest BCUT2D eigenvalue weighted by molar-refractivity contribution is -0.143. The molecule has 0 radical (unpaired) electrons. The Morgan fingerprint density at radius 2 is 1.44 bits per heavy atom. The van der Waals surface area contributed by atoms with Crippen LogP contribution in [0, 0.1) is 0 Å². The Kier molecular flexibility index (Phi) is 8.46. The van der Waals surface area contributed by atoms with E-state index in [0.29, 0.717) is 18.6 Å². The van der Waals surface area contributed by atoms with Crippen molar-refractivity contribution < 1.29 is 53.8 Å². The molecule has 0 spiro atoms. The van der Waals surface area contributed by atoms with Crippen LogP contribution in [0.15, 0.2) is 36.4 Å². The zero-order chi connectivity index (χ0) is 29.3. The molecule has 2 aromatic rings. The molecule has 1 heterocycles. The quantitative estimate of drug-likeness (QED) is 0.384. The van der Waals surface area contributed by atoms with Gasteiger partial charge in [0.2, 0.25) is 5.91 Å². The van der Waals surface area contributed by atoms with Crippen molar-refractivity contribution in [3.8, 4) is 0 Å². The number of hydrogen-bond donors (Lipinski definition) is 1. The molecule has 2 amide bonds. The number of nitrogens with zero attached hydrogens (tertiary/aromatic N) is 1. The number of nitrogens with one attached hydrogen (secondary N) is 1. The van der Waals surface area contributed by atoms with Gasteiger partial charge in [0.1, 0.15) is 0 Å². The van der Waals surface area contributed by atoms with E-state index < -0.39 is 71.3 Å². The van der Waals surface area contributed by atoms with Crippen LogP contribution in [0.3, 0.4) is 0 Å². The van der Waals surface area contributed by atoms with Gasteiger partial charge in [-0.1, -0.05) is 6.92 Å². The SMILES string of the molecule is CCOC(=O)N1c2ccc(C(F)(F)F)cc2C(NC(=O)Cc2cc(C(F)(F)F)cc(C(F)(F)F)c2)CC1CC. The molecule has 5 nitrogen and oxygen atoms in total. The Morgan fingerprint density at radius 3 is 1.92 bits per heavy atom. The van der Waals surface area contributed by atoms with Crippen LogP contribution in [0.2, 0.25) is 0 Å². The maximum absolute atomic E-state index is 13.4. The number of amides is 2. The van der Waals surface area contributed by atoms with Crippen LogP contribution in [0.4, 0.5) is 50.0 Å². The fraction of sp³-hybridized carbons (Fsp3) is 0.440. The normalized spacial score (nSPS) is 18.0. The molecule has 2 aromatic carbocycles. The summed E-state index contributed by atoms with van der Waals surface area (Å²) in [6.07, 6.45) is -16.5. The lowest BCUT2D eigenvalue weighted by atomic mass is 9.88. The summed E-state index contributed by atoms with van der Waals surface area (Å²) in [4.78, 5) is 26.6. The molecule has 0 saturated carbocycles. The summed E-state index contributed by atoms with van der Waals surface area (Å²) in [7, 11) is 0. The molecule has 3 rings (SSSR count). The summed E-state index contributed by atoms with van der Waals surface area (Å²) in [5, 5.41) is 2.43. The highest BCUT2D eigenvalue weighted by Crippen LogP contribution is 2.42. The van der Waals surface area contributed by atoms with Crippen molar-refractivity contribution >= 4 is 17.7 Å². The largest absolute Gasteiger partial charge is 0.449 e. The van der Waals surface area contributed by atoms with Gasteiger partial charge >= 0.3 is 24.6 Å². The van der Waals surface area contributed by atoms with Crippen LogP contribution in [0.5, 0.6) is 0 Å².